The van der Waals surface area contributed by atoms with Crippen molar-refractivity contribution in [2.24, 2.45) is 0 Å². The third-order valence-electron chi connectivity index (χ3n) is 4.46. The summed E-state index contributed by atoms with van der Waals surface area (Å²) in [5.74, 6) is -1.53. The minimum absolute atomic E-state index is 0.0541. The Bertz CT molecular complexity index is 1190. The summed E-state index contributed by atoms with van der Waals surface area (Å²) >= 11 is 11.7. The van der Waals surface area contributed by atoms with Crippen LogP contribution in [0, 0.1) is 10.1 Å². The van der Waals surface area contributed by atoms with Crippen LogP contribution >= 0.6 is 23.2 Å². The zero-order valence-corrected chi connectivity index (χ0v) is 18.8. The summed E-state index contributed by atoms with van der Waals surface area (Å²) in [5.41, 5.74) is 0.809. The average Bonchev–Trinajstić information content (AvgIpc) is 2.79. The lowest BCUT2D eigenvalue weighted by molar-refractivity contribution is -0.384. The van der Waals surface area contributed by atoms with Gasteiger partial charge in [0.2, 0.25) is 0 Å². The molecule has 0 saturated carbocycles. The Morgan fingerprint density at radius 2 is 1.88 bits per heavy atom. The first kappa shape index (κ1) is 24.0. The normalized spacial score (nSPS) is 11.4. The smallest absolute Gasteiger partial charge is 0.339 e. The first-order valence-corrected chi connectivity index (χ1v) is 10.4. The number of rotatable bonds is 8. The number of carbonyl (C=O) groups excluding carboxylic acids is 2. The maximum atomic E-state index is 12.5. The number of ether oxygens (including phenoxy) is 1. The first-order chi connectivity index (χ1) is 15.7. The molecule has 0 bridgehead atoms. The van der Waals surface area contributed by atoms with Crippen LogP contribution in [-0.2, 0) is 16.1 Å². The lowest BCUT2D eigenvalue weighted by Gasteiger charge is -2.14. The van der Waals surface area contributed by atoms with Crippen LogP contribution in [0.25, 0.3) is 0 Å². The molecule has 3 aromatic rings. The molecule has 3 rings (SSSR count). The minimum Gasteiger partial charge on any atom is -0.449 e. The van der Waals surface area contributed by atoms with E-state index in [1.54, 1.807) is 0 Å². The number of anilines is 2. The molecule has 2 N–H and O–H groups in total. The number of pyridine rings is 1. The number of nitrogens with one attached hydrogen (secondary N) is 2. The van der Waals surface area contributed by atoms with E-state index in [1.165, 1.54) is 31.3 Å². The highest BCUT2D eigenvalue weighted by Crippen LogP contribution is 2.27. The van der Waals surface area contributed by atoms with Crippen molar-refractivity contribution in [3.8, 4) is 0 Å². The predicted octanol–water partition coefficient (Wildman–Crippen LogP) is 5.09. The van der Waals surface area contributed by atoms with E-state index in [0.29, 0.717) is 11.6 Å². The molecule has 1 heterocycles. The molecule has 33 heavy (non-hydrogen) atoms. The zero-order chi connectivity index (χ0) is 24.0. The van der Waals surface area contributed by atoms with E-state index in [2.05, 4.69) is 15.6 Å². The van der Waals surface area contributed by atoms with Gasteiger partial charge in [0, 0.05) is 18.8 Å². The van der Waals surface area contributed by atoms with Crippen molar-refractivity contribution in [1.82, 2.24) is 4.98 Å². The number of benzene rings is 2. The number of nitro groups is 1. The number of esters is 1. The molecule has 0 saturated heterocycles. The van der Waals surface area contributed by atoms with Gasteiger partial charge in [-0.1, -0.05) is 53.5 Å². The van der Waals surface area contributed by atoms with Gasteiger partial charge in [-0.05, 0) is 30.7 Å². The van der Waals surface area contributed by atoms with Gasteiger partial charge in [-0.3, -0.25) is 14.9 Å². The second-order valence-electron chi connectivity index (χ2n) is 6.85. The van der Waals surface area contributed by atoms with Crippen molar-refractivity contribution >= 4 is 52.3 Å². The second kappa shape index (κ2) is 10.8. The van der Waals surface area contributed by atoms with E-state index in [0.717, 1.165) is 11.6 Å². The standard InChI is InChI=1S/C22H18Cl2N4O5/c1-13(21(29)27-20-17(24)10-16(23)12-26-20)33-22(30)15-7-8-18(19(9-15)28(31)32)25-11-14-5-3-2-4-6-14/h2-10,12-13,25H,11H2,1H3,(H,26,27,29). The predicted molar refractivity (Wildman–Crippen MR) is 125 cm³/mol. The molecule has 0 fully saturated rings. The van der Waals surface area contributed by atoms with Crippen LogP contribution in [0.1, 0.15) is 22.8 Å². The molecule has 1 amide bonds. The summed E-state index contributed by atoms with van der Waals surface area (Å²) in [5, 5.41) is 17.3. The van der Waals surface area contributed by atoms with Crippen molar-refractivity contribution in [1.29, 1.82) is 0 Å². The molecule has 0 radical (unpaired) electrons. The van der Waals surface area contributed by atoms with E-state index in [4.69, 9.17) is 27.9 Å². The molecule has 0 spiro atoms. The molecule has 1 unspecified atom stereocenters. The molecule has 0 aliphatic carbocycles. The zero-order valence-electron chi connectivity index (χ0n) is 17.2. The summed E-state index contributed by atoms with van der Waals surface area (Å²) in [6.45, 7) is 1.71. The summed E-state index contributed by atoms with van der Waals surface area (Å²) in [4.78, 5) is 39.6. The molecule has 170 valence electrons. The van der Waals surface area contributed by atoms with Crippen LogP contribution in [0.4, 0.5) is 17.2 Å². The van der Waals surface area contributed by atoms with E-state index >= 15 is 0 Å². The molecule has 1 aromatic heterocycles. The fourth-order valence-corrected chi connectivity index (χ4v) is 3.19. The van der Waals surface area contributed by atoms with Crippen LogP contribution in [0.2, 0.25) is 10.0 Å². The summed E-state index contributed by atoms with van der Waals surface area (Å²) in [6.07, 6.45) is 0.0765. The van der Waals surface area contributed by atoms with Gasteiger partial charge in [-0.25, -0.2) is 9.78 Å². The Morgan fingerprint density at radius 1 is 1.15 bits per heavy atom. The Morgan fingerprint density at radius 3 is 2.55 bits per heavy atom. The fourth-order valence-electron chi connectivity index (χ4n) is 2.76. The number of amides is 1. The number of nitrogens with zero attached hydrogens (tertiary/aromatic N) is 2. The third kappa shape index (κ3) is 6.41. The topological polar surface area (TPSA) is 123 Å². The maximum Gasteiger partial charge on any atom is 0.339 e. The Hall–Kier alpha value is -3.69. The highest BCUT2D eigenvalue weighted by Gasteiger charge is 2.23. The van der Waals surface area contributed by atoms with Gasteiger partial charge < -0.3 is 15.4 Å². The second-order valence-corrected chi connectivity index (χ2v) is 7.69. The lowest BCUT2D eigenvalue weighted by Crippen LogP contribution is -2.30. The molecule has 0 aliphatic rings. The van der Waals surface area contributed by atoms with E-state index in [1.807, 2.05) is 30.3 Å². The third-order valence-corrected chi connectivity index (χ3v) is 4.95. The monoisotopic (exact) mass is 488 g/mol. The fraction of sp³-hybridized carbons (Fsp3) is 0.136. The first-order valence-electron chi connectivity index (χ1n) is 9.63. The van der Waals surface area contributed by atoms with Crippen molar-refractivity contribution in [3.63, 3.8) is 0 Å². The van der Waals surface area contributed by atoms with Crippen LogP contribution in [0.5, 0.6) is 0 Å². The Labute approximate surface area is 198 Å². The van der Waals surface area contributed by atoms with Crippen molar-refractivity contribution in [2.75, 3.05) is 10.6 Å². The SMILES string of the molecule is CC(OC(=O)c1ccc(NCc2ccccc2)c([N+](=O)[O-])c1)C(=O)Nc1ncc(Cl)cc1Cl. The van der Waals surface area contributed by atoms with Gasteiger partial charge in [0.1, 0.15) is 5.69 Å². The highest BCUT2D eigenvalue weighted by molar-refractivity contribution is 6.36. The summed E-state index contributed by atoms with van der Waals surface area (Å²) in [6, 6.07) is 14.6. The van der Waals surface area contributed by atoms with Gasteiger partial charge in [-0.2, -0.15) is 0 Å². The van der Waals surface area contributed by atoms with Gasteiger partial charge in [0.15, 0.2) is 11.9 Å². The molecule has 11 heteroatoms. The Kier molecular flexibility index (Phi) is 7.81. The van der Waals surface area contributed by atoms with Crippen LogP contribution in [-0.4, -0.2) is 27.9 Å². The molecule has 0 aliphatic heterocycles. The molecular formula is C22H18Cl2N4O5. The molecule has 1 atom stereocenters. The van der Waals surface area contributed by atoms with E-state index in [9.17, 15) is 19.7 Å². The van der Waals surface area contributed by atoms with Crippen molar-refractivity contribution < 1.29 is 19.2 Å². The van der Waals surface area contributed by atoms with Crippen molar-refractivity contribution in [3.05, 3.63) is 92.1 Å². The number of halogens is 2. The maximum absolute atomic E-state index is 12.5. The summed E-state index contributed by atoms with van der Waals surface area (Å²) < 4.78 is 5.15. The van der Waals surface area contributed by atoms with Crippen LogP contribution in [0.15, 0.2) is 60.8 Å². The van der Waals surface area contributed by atoms with Crippen LogP contribution in [0.3, 0.4) is 0 Å². The Balaban J connectivity index is 1.67. The number of carbonyl (C=O) groups is 2. The number of hydrogen-bond donors (Lipinski definition) is 2. The lowest BCUT2D eigenvalue weighted by atomic mass is 10.1. The van der Waals surface area contributed by atoms with Gasteiger partial charge >= 0.3 is 5.97 Å². The molecular weight excluding hydrogens is 471 g/mol. The van der Waals surface area contributed by atoms with Crippen LogP contribution < -0.4 is 10.6 Å². The minimum atomic E-state index is -1.22. The number of hydrogen-bond acceptors (Lipinski definition) is 7. The largest absolute Gasteiger partial charge is 0.449 e. The summed E-state index contributed by atoms with van der Waals surface area (Å²) in [7, 11) is 0. The van der Waals surface area contributed by atoms with Gasteiger partial charge in [0.05, 0.1) is 20.5 Å². The number of aromatic nitrogens is 1. The quantitative estimate of drug-likeness (QED) is 0.257. The average molecular weight is 489 g/mol. The van der Waals surface area contributed by atoms with Gasteiger partial charge in [0.25, 0.3) is 11.6 Å². The van der Waals surface area contributed by atoms with E-state index < -0.39 is 22.9 Å². The van der Waals surface area contributed by atoms with E-state index in [-0.39, 0.29) is 27.8 Å². The van der Waals surface area contributed by atoms with Crippen molar-refractivity contribution in [2.45, 2.75) is 19.6 Å². The molecule has 2 aromatic carbocycles. The molecule has 9 nitrogen and oxygen atoms in total. The van der Waals surface area contributed by atoms with Gasteiger partial charge in [-0.15, -0.1) is 0 Å². The number of nitro benzene ring substituents is 1. The highest BCUT2D eigenvalue weighted by atomic mass is 35.5.